The van der Waals surface area contributed by atoms with Crippen molar-refractivity contribution in [2.45, 2.75) is 6.92 Å². The minimum absolute atomic E-state index is 0.399. The minimum Gasteiger partial charge on any atom is -0.465 e. The van der Waals surface area contributed by atoms with E-state index < -0.39 is 5.97 Å². The lowest BCUT2D eigenvalue weighted by atomic mass is 10.0. The fourth-order valence-corrected chi connectivity index (χ4v) is 2.38. The maximum atomic E-state index is 11.9. The van der Waals surface area contributed by atoms with Crippen LogP contribution in [0.25, 0.3) is 22.6 Å². The van der Waals surface area contributed by atoms with Crippen molar-refractivity contribution in [2.75, 3.05) is 7.11 Å². The van der Waals surface area contributed by atoms with E-state index >= 15 is 0 Å². The Hall–Kier alpha value is -2.88. The number of hydrogen-bond acceptors (Lipinski definition) is 4. The van der Waals surface area contributed by atoms with Gasteiger partial charge in [0.2, 0.25) is 0 Å². The third-order valence-electron chi connectivity index (χ3n) is 3.53. The Balaban J connectivity index is 2.06. The molecule has 0 N–H and O–H groups in total. The molecule has 0 spiro atoms. The fraction of sp³-hybridized carbons (Fsp3) is 0.111. The molecule has 0 saturated carbocycles. The van der Waals surface area contributed by atoms with Crippen LogP contribution in [-0.4, -0.2) is 18.2 Å². The molecule has 0 aliphatic rings. The average Bonchev–Trinajstić information content (AvgIpc) is 3.04. The van der Waals surface area contributed by atoms with Gasteiger partial charge in [-0.15, -0.1) is 0 Å². The molecule has 1 aromatic heterocycles. The molecule has 0 bridgehead atoms. The van der Waals surface area contributed by atoms with E-state index in [0.717, 1.165) is 16.8 Å². The van der Waals surface area contributed by atoms with Crippen LogP contribution in [0.1, 0.15) is 15.9 Å². The largest absolute Gasteiger partial charge is 0.465 e. The smallest absolute Gasteiger partial charge is 0.338 e. The highest BCUT2D eigenvalue weighted by molar-refractivity contribution is 5.96. The van der Waals surface area contributed by atoms with E-state index in [1.165, 1.54) is 7.11 Å². The predicted molar refractivity (Wildman–Crippen MR) is 83.5 cm³/mol. The molecular formula is C18H15NO3. The van der Waals surface area contributed by atoms with E-state index in [1.54, 1.807) is 12.1 Å². The van der Waals surface area contributed by atoms with Crippen LogP contribution in [0.5, 0.6) is 0 Å². The second-order valence-electron chi connectivity index (χ2n) is 4.93. The number of esters is 1. The quantitative estimate of drug-likeness (QED) is 0.682. The molecule has 22 heavy (non-hydrogen) atoms. The summed E-state index contributed by atoms with van der Waals surface area (Å²) in [7, 11) is 1.36. The van der Waals surface area contributed by atoms with Gasteiger partial charge in [-0.3, -0.25) is 0 Å². The van der Waals surface area contributed by atoms with Crippen LogP contribution in [0.15, 0.2) is 59.1 Å². The molecule has 1 heterocycles. The molecule has 110 valence electrons. The number of ether oxygens (including phenoxy) is 1. The summed E-state index contributed by atoms with van der Waals surface area (Å²) < 4.78 is 10.2. The lowest BCUT2D eigenvalue weighted by Gasteiger charge is -2.03. The van der Waals surface area contributed by atoms with E-state index in [9.17, 15) is 4.79 Å². The van der Waals surface area contributed by atoms with Crippen LogP contribution in [0.2, 0.25) is 0 Å². The van der Waals surface area contributed by atoms with Crippen molar-refractivity contribution in [3.8, 4) is 22.6 Å². The minimum atomic E-state index is -0.399. The van der Waals surface area contributed by atoms with Crippen LogP contribution < -0.4 is 0 Å². The van der Waals surface area contributed by atoms with Crippen molar-refractivity contribution in [1.29, 1.82) is 0 Å². The molecule has 0 aliphatic heterocycles. The Morgan fingerprint density at radius 3 is 2.45 bits per heavy atom. The first-order valence-corrected chi connectivity index (χ1v) is 6.91. The molecule has 0 saturated heterocycles. The Labute approximate surface area is 128 Å². The van der Waals surface area contributed by atoms with Gasteiger partial charge in [0.1, 0.15) is 5.69 Å². The number of benzene rings is 2. The molecule has 2 aromatic carbocycles. The third kappa shape index (κ3) is 2.51. The zero-order valence-corrected chi connectivity index (χ0v) is 12.4. The summed E-state index contributed by atoms with van der Waals surface area (Å²) in [6.07, 6.45) is 0. The maximum absolute atomic E-state index is 11.9. The predicted octanol–water partition coefficient (Wildman–Crippen LogP) is 4.10. The Bertz CT molecular complexity index is 820. The van der Waals surface area contributed by atoms with Crippen molar-refractivity contribution < 1.29 is 14.1 Å². The number of hydrogen-bond donors (Lipinski definition) is 0. The first-order valence-electron chi connectivity index (χ1n) is 6.91. The Kier molecular flexibility index (Phi) is 3.74. The zero-order valence-electron chi connectivity index (χ0n) is 12.4. The van der Waals surface area contributed by atoms with Crippen LogP contribution in [0.4, 0.5) is 0 Å². The SMILES string of the molecule is COC(=O)c1ccccc1-c1cc(-c2ccccc2C)no1. The summed E-state index contributed by atoms with van der Waals surface area (Å²) >= 11 is 0. The van der Waals surface area contributed by atoms with Gasteiger partial charge < -0.3 is 9.26 Å². The lowest BCUT2D eigenvalue weighted by Crippen LogP contribution is -2.02. The number of carbonyl (C=O) groups excluding carboxylic acids is 1. The van der Waals surface area contributed by atoms with Crippen molar-refractivity contribution in [3.05, 3.63) is 65.7 Å². The molecule has 0 fully saturated rings. The van der Waals surface area contributed by atoms with Gasteiger partial charge in [-0.05, 0) is 18.6 Å². The summed E-state index contributed by atoms with van der Waals surface area (Å²) in [4.78, 5) is 11.9. The summed E-state index contributed by atoms with van der Waals surface area (Å²) in [6.45, 7) is 2.02. The van der Waals surface area contributed by atoms with Crippen molar-refractivity contribution in [1.82, 2.24) is 5.16 Å². The third-order valence-corrected chi connectivity index (χ3v) is 3.53. The monoisotopic (exact) mass is 293 g/mol. The van der Waals surface area contributed by atoms with E-state index in [2.05, 4.69) is 5.16 Å². The number of rotatable bonds is 3. The Morgan fingerprint density at radius 1 is 1.05 bits per heavy atom. The van der Waals surface area contributed by atoms with E-state index in [1.807, 2.05) is 49.4 Å². The first-order chi connectivity index (χ1) is 10.7. The summed E-state index contributed by atoms with van der Waals surface area (Å²) in [5.41, 5.74) is 3.99. The second kappa shape index (κ2) is 5.85. The van der Waals surface area contributed by atoms with Crippen molar-refractivity contribution in [2.24, 2.45) is 0 Å². The van der Waals surface area contributed by atoms with Crippen LogP contribution in [0, 0.1) is 6.92 Å². The van der Waals surface area contributed by atoms with Gasteiger partial charge >= 0.3 is 5.97 Å². The first kappa shape index (κ1) is 14.1. The summed E-state index contributed by atoms with van der Waals surface area (Å²) in [5, 5.41) is 4.12. The molecular weight excluding hydrogens is 278 g/mol. The van der Waals surface area contributed by atoms with Gasteiger partial charge in [0.15, 0.2) is 5.76 Å². The van der Waals surface area contributed by atoms with E-state index in [4.69, 9.17) is 9.26 Å². The van der Waals surface area contributed by atoms with Crippen molar-refractivity contribution in [3.63, 3.8) is 0 Å². The molecule has 4 heteroatoms. The van der Waals surface area contributed by atoms with Gasteiger partial charge in [0, 0.05) is 17.2 Å². The highest BCUT2D eigenvalue weighted by Gasteiger charge is 2.17. The number of carbonyl (C=O) groups is 1. The normalized spacial score (nSPS) is 10.5. The van der Waals surface area contributed by atoms with Crippen LogP contribution in [-0.2, 0) is 4.74 Å². The maximum Gasteiger partial charge on any atom is 0.338 e. The highest BCUT2D eigenvalue weighted by atomic mass is 16.5. The lowest BCUT2D eigenvalue weighted by molar-refractivity contribution is 0.0601. The van der Waals surface area contributed by atoms with E-state index in [-0.39, 0.29) is 0 Å². The molecule has 3 aromatic rings. The average molecular weight is 293 g/mol. The van der Waals surface area contributed by atoms with E-state index in [0.29, 0.717) is 16.9 Å². The number of nitrogens with zero attached hydrogens (tertiary/aromatic N) is 1. The number of methoxy groups -OCH3 is 1. The van der Waals surface area contributed by atoms with Crippen LogP contribution in [0.3, 0.4) is 0 Å². The Morgan fingerprint density at radius 2 is 1.73 bits per heavy atom. The molecule has 0 aliphatic carbocycles. The fourth-order valence-electron chi connectivity index (χ4n) is 2.38. The highest BCUT2D eigenvalue weighted by Crippen LogP contribution is 2.30. The molecule has 0 unspecified atom stereocenters. The van der Waals surface area contributed by atoms with Crippen LogP contribution >= 0.6 is 0 Å². The standard InChI is InChI=1S/C18H15NO3/c1-12-7-3-4-8-13(12)16-11-17(22-19-16)14-9-5-6-10-15(14)18(20)21-2/h3-11H,1-2H3. The molecule has 0 radical (unpaired) electrons. The number of aryl methyl sites for hydroxylation is 1. The zero-order chi connectivity index (χ0) is 15.5. The van der Waals surface area contributed by atoms with Gasteiger partial charge in [-0.25, -0.2) is 4.79 Å². The molecule has 4 nitrogen and oxygen atoms in total. The summed E-state index contributed by atoms with van der Waals surface area (Å²) in [6, 6.07) is 16.9. The number of aromatic nitrogens is 1. The van der Waals surface area contributed by atoms with Gasteiger partial charge in [0.25, 0.3) is 0 Å². The van der Waals surface area contributed by atoms with Crippen molar-refractivity contribution >= 4 is 5.97 Å². The van der Waals surface area contributed by atoms with Gasteiger partial charge in [-0.2, -0.15) is 0 Å². The second-order valence-corrected chi connectivity index (χ2v) is 4.93. The molecule has 0 amide bonds. The van der Waals surface area contributed by atoms with Gasteiger partial charge in [-0.1, -0.05) is 47.6 Å². The molecule has 3 rings (SSSR count). The molecule has 0 atom stereocenters. The van der Waals surface area contributed by atoms with Gasteiger partial charge in [0.05, 0.1) is 12.7 Å². The summed E-state index contributed by atoms with van der Waals surface area (Å²) in [5.74, 6) is 0.142. The topological polar surface area (TPSA) is 52.3 Å².